The normalized spacial score (nSPS) is 10.6. The first-order valence-electron chi connectivity index (χ1n) is 9.00. The quantitative estimate of drug-likeness (QED) is 0.509. The van der Waals surface area contributed by atoms with Crippen molar-refractivity contribution in [2.24, 2.45) is 0 Å². The molecule has 0 radical (unpaired) electrons. The molecular weight excluding hydrogens is 374 g/mol. The number of benzene rings is 2. The van der Waals surface area contributed by atoms with Gasteiger partial charge in [0.2, 0.25) is 0 Å². The Kier molecular flexibility index (Phi) is 5.97. The number of methoxy groups -OCH3 is 1. The van der Waals surface area contributed by atoms with Crippen LogP contribution in [0.4, 0.5) is 0 Å². The molecule has 0 fully saturated rings. The maximum atomic E-state index is 12.1. The molecule has 7 heteroatoms. The predicted octanol–water partition coefficient (Wildman–Crippen LogP) is 2.89. The van der Waals surface area contributed by atoms with E-state index in [1.807, 2.05) is 26.0 Å². The maximum absolute atomic E-state index is 12.1. The Balaban J connectivity index is 1.63. The molecule has 0 unspecified atom stereocenters. The first-order chi connectivity index (χ1) is 13.9. The topological polar surface area (TPSA) is 94.8 Å². The van der Waals surface area contributed by atoms with Gasteiger partial charge < -0.3 is 19.2 Å². The van der Waals surface area contributed by atoms with Crippen molar-refractivity contribution in [1.82, 2.24) is 5.32 Å². The fourth-order valence-electron chi connectivity index (χ4n) is 2.85. The van der Waals surface area contributed by atoms with E-state index in [9.17, 15) is 14.4 Å². The smallest absolute Gasteiger partial charge is 0.336 e. The van der Waals surface area contributed by atoms with Crippen LogP contribution >= 0.6 is 0 Å². The zero-order valence-electron chi connectivity index (χ0n) is 16.4. The van der Waals surface area contributed by atoms with Crippen LogP contribution in [0, 0.1) is 13.8 Å². The van der Waals surface area contributed by atoms with Crippen LogP contribution < -0.4 is 15.7 Å². The summed E-state index contributed by atoms with van der Waals surface area (Å²) < 4.78 is 15.6. The highest BCUT2D eigenvalue weighted by Crippen LogP contribution is 2.23. The van der Waals surface area contributed by atoms with Gasteiger partial charge in [-0.05, 0) is 49.2 Å². The van der Waals surface area contributed by atoms with Gasteiger partial charge >= 0.3 is 11.6 Å². The van der Waals surface area contributed by atoms with Gasteiger partial charge in [0.1, 0.15) is 24.5 Å². The first-order valence-corrected chi connectivity index (χ1v) is 9.00. The molecule has 0 saturated heterocycles. The Hall–Kier alpha value is -3.61. The summed E-state index contributed by atoms with van der Waals surface area (Å²) in [6.07, 6.45) is 0. The van der Waals surface area contributed by atoms with Crippen molar-refractivity contribution < 1.29 is 23.5 Å². The van der Waals surface area contributed by atoms with Gasteiger partial charge in [0.25, 0.3) is 5.91 Å². The van der Waals surface area contributed by atoms with Gasteiger partial charge in [0.15, 0.2) is 0 Å². The average molecular weight is 395 g/mol. The lowest BCUT2D eigenvalue weighted by atomic mass is 10.0. The summed E-state index contributed by atoms with van der Waals surface area (Å²) in [5, 5.41) is 3.21. The molecule has 7 nitrogen and oxygen atoms in total. The summed E-state index contributed by atoms with van der Waals surface area (Å²) in [5.74, 6) is -0.385. The molecular formula is C22H21NO6. The monoisotopic (exact) mass is 395 g/mol. The molecule has 0 spiro atoms. The molecule has 29 heavy (non-hydrogen) atoms. The fraction of sp³-hybridized carbons (Fsp3) is 0.227. The Morgan fingerprint density at radius 2 is 1.79 bits per heavy atom. The van der Waals surface area contributed by atoms with Gasteiger partial charge in [-0.15, -0.1) is 0 Å². The van der Waals surface area contributed by atoms with Crippen LogP contribution in [-0.4, -0.2) is 25.5 Å². The highest BCUT2D eigenvalue weighted by Gasteiger charge is 2.13. The van der Waals surface area contributed by atoms with Gasteiger partial charge in [-0.3, -0.25) is 9.59 Å². The van der Waals surface area contributed by atoms with Crippen molar-refractivity contribution in [3.8, 4) is 5.75 Å². The van der Waals surface area contributed by atoms with Crippen molar-refractivity contribution in [3.05, 3.63) is 75.1 Å². The number of ether oxygens (including phenoxy) is 2. The second-order valence-corrected chi connectivity index (χ2v) is 6.55. The van der Waals surface area contributed by atoms with E-state index in [0.717, 1.165) is 11.1 Å². The molecule has 1 aromatic heterocycles. The molecule has 150 valence electrons. The van der Waals surface area contributed by atoms with E-state index in [4.69, 9.17) is 13.9 Å². The lowest BCUT2D eigenvalue weighted by Crippen LogP contribution is -2.30. The summed E-state index contributed by atoms with van der Waals surface area (Å²) in [7, 11) is 1.54. The van der Waals surface area contributed by atoms with Gasteiger partial charge in [-0.1, -0.05) is 12.1 Å². The zero-order chi connectivity index (χ0) is 21.0. The minimum Gasteiger partial charge on any atom is -0.497 e. The molecule has 3 rings (SSSR count). The lowest BCUT2D eigenvalue weighted by Gasteiger charge is -2.10. The molecule has 0 aliphatic heterocycles. The Labute approximate surface area is 167 Å². The molecule has 0 aliphatic rings. The largest absolute Gasteiger partial charge is 0.497 e. The van der Waals surface area contributed by atoms with Crippen LogP contribution in [0.1, 0.15) is 27.0 Å². The molecule has 0 bridgehead atoms. The first kappa shape index (κ1) is 20.1. The van der Waals surface area contributed by atoms with Gasteiger partial charge in [0, 0.05) is 22.6 Å². The van der Waals surface area contributed by atoms with Crippen molar-refractivity contribution in [1.29, 1.82) is 0 Å². The minimum absolute atomic E-state index is 0.0954. The third kappa shape index (κ3) is 4.63. The van der Waals surface area contributed by atoms with Crippen molar-refractivity contribution in [3.63, 3.8) is 0 Å². The van der Waals surface area contributed by atoms with Crippen molar-refractivity contribution in [2.75, 3.05) is 13.7 Å². The van der Waals surface area contributed by atoms with Crippen molar-refractivity contribution >= 4 is 22.8 Å². The molecule has 0 saturated carbocycles. The number of rotatable bonds is 6. The average Bonchev–Trinajstić information content (AvgIpc) is 2.73. The molecule has 2 aromatic carbocycles. The van der Waals surface area contributed by atoms with Crippen LogP contribution in [-0.2, 0) is 16.1 Å². The van der Waals surface area contributed by atoms with Crippen LogP contribution in [0.5, 0.6) is 5.75 Å². The van der Waals surface area contributed by atoms with Crippen LogP contribution in [0.3, 0.4) is 0 Å². The number of hydrogen-bond donors (Lipinski definition) is 1. The number of nitrogens with one attached hydrogen (secondary N) is 1. The zero-order valence-corrected chi connectivity index (χ0v) is 16.4. The third-order valence-electron chi connectivity index (χ3n) is 4.65. The third-order valence-corrected chi connectivity index (χ3v) is 4.65. The van der Waals surface area contributed by atoms with Crippen LogP contribution in [0.15, 0.2) is 51.7 Å². The molecule has 3 aromatic rings. The van der Waals surface area contributed by atoms with E-state index in [-0.39, 0.29) is 13.2 Å². The standard InChI is InChI=1S/C22H21NO6/c1-13-4-9-18-16(10-19(24)29-21(18)14(13)2)12-28-20(25)11-23-22(26)15-5-7-17(27-3)8-6-15/h4-10H,11-12H2,1-3H3,(H,23,26). The van der Waals surface area contributed by atoms with E-state index in [2.05, 4.69) is 5.32 Å². The Morgan fingerprint density at radius 1 is 1.07 bits per heavy atom. The second-order valence-electron chi connectivity index (χ2n) is 6.55. The molecule has 1 N–H and O–H groups in total. The second kappa shape index (κ2) is 8.60. The molecule has 0 atom stereocenters. The predicted molar refractivity (Wildman–Crippen MR) is 107 cm³/mol. The van der Waals surface area contributed by atoms with Crippen LogP contribution in [0.2, 0.25) is 0 Å². The number of carbonyl (C=O) groups excluding carboxylic acids is 2. The summed E-state index contributed by atoms with van der Waals surface area (Å²) in [4.78, 5) is 36.0. The highest BCUT2D eigenvalue weighted by atomic mass is 16.5. The minimum atomic E-state index is -0.614. The summed E-state index contributed by atoms with van der Waals surface area (Å²) in [6, 6.07) is 11.6. The number of esters is 1. The van der Waals surface area contributed by atoms with Crippen LogP contribution in [0.25, 0.3) is 11.0 Å². The number of fused-ring (bicyclic) bond motifs is 1. The molecule has 0 aliphatic carbocycles. The lowest BCUT2D eigenvalue weighted by molar-refractivity contribution is -0.143. The van der Waals surface area contributed by atoms with E-state index in [0.29, 0.717) is 27.8 Å². The molecule has 1 heterocycles. The van der Waals surface area contributed by atoms with E-state index < -0.39 is 17.5 Å². The van der Waals surface area contributed by atoms with Gasteiger partial charge in [-0.2, -0.15) is 0 Å². The van der Waals surface area contributed by atoms with E-state index in [1.54, 1.807) is 24.3 Å². The Morgan fingerprint density at radius 3 is 2.48 bits per heavy atom. The van der Waals surface area contributed by atoms with E-state index >= 15 is 0 Å². The SMILES string of the molecule is COc1ccc(C(=O)NCC(=O)OCc2cc(=O)oc3c(C)c(C)ccc23)cc1. The molecule has 1 amide bonds. The summed E-state index contributed by atoms with van der Waals surface area (Å²) in [6.45, 7) is 3.41. The number of carbonyl (C=O) groups is 2. The van der Waals surface area contributed by atoms with Gasteiger partial charge in [0.05, 0.1) is 7.11 Å². The summed E-state index contributed by atoms with van der Waals surface area (Å²) >= 11 is 0. The van der Waals surface area contributed by atoms with Gasteiger partial charge in [-0.25, -0.2) is 4.79 Å². The highest BCUT2D eigenvalue weighted by molar-refractivity contribution is 5.96. The number of hydrogen-bond acceptors (Lipinski definition) is 6. The number of aryl methyl sites for hydroxylation is 2. The number of amides is 1. The maximum Gasteiger partial charge on any atom is 0.336 e. The summed E-state index contributed by atoms with van der Waals surface area (Å²) in [5.41, 5.74) is 2.78. The fourth-order valence-corrected chi connectivity index (χ4v) is 2.85. The van der Waals surface area contributed by atoms with Crippen molar-refractivity contribution in [2.45, 2.75) is 20.5 Å². The van der Waals surface area contributed by atoms with E-state index in [1.165, 1.54) is 13.2 Å². The Bertz CT molecular complexity index is 1110.